The summed E-state index contributed by atoms with van der Waals surface area (Å²) in [7, 11) is -4.47. The third-order valence-corrected chi connectivity index (χ3v) is 3.18. The zero-order valence-electron chi connectivity index (χ0n) is 9.94. The Bertz CT molecular complexity index is 483. The summed E-state index contributed by atoms with van der Waals surface area (Å²) in [5, 5.41) is 0. The molecule has 4 nitrogen and oxygen atoms in total. The van der Waals surface area contributed by atoms with E-state index >= 15 is 0 Å². The second kappa shape index (κ2) is 5.95. The molecule has 6 heteroatoms. The molecule has 1 rings (SSSR count). The van der Waals surface area contributed by atoms with E-state index in [4.69, 9.17) is 5.73 Å². The molecule has 1 aromatic carbocycles. The van der Waals surface area contributed by atoms with Crippen LogP contribution in [-0.2, 0) is 10.1 Å². The van der Waals surface area contributed by atoms with Crippen LogP contribution in [0.2, 0.25) is 0 Å². The first-order chi connectivity index (χ1) is 6.73. The zero-order valence-corrected chi connectivity index (χ0v) is 13.9. The molecule has 0 aliphatic rings. The number of anilines is 1. The van der Waals surface area contributed by atoms with Gasteiger partial charge in [0.1, 0.15) is 10.1 Å². The van der Waals surface area contributed by atoms with Gasteiger partial charge in [0.25, 0.3) is 0 Å². The molecule has 0 fully saturated rings. The molecule has 2 N–H and O–H groups in total. The Morgan fingerprint density at radius 3 is 2.19 bits per heavy atom. The van der Waals surface area contributed by atoms with E-state index in [1.165, 1.54) is 6.07 Å². The van der Waals surface area contributed by atoms with Crippen molar-refractivity contribution < 1.29 is 64.4 Å². The Morgan fingerprint density at radius 1 is 1.31 bits per heavy atom. The normalized spacial score (nSPS) is 11.3. The van der Waals surface area contributed by atoms with Gasteiger partial charge in [0.15, 0.2) is 0 Å². The molecule has 0 bridgehead atoms. The van der Waals surface area contributed by atoms with Crippen LogP contribution in [0.3, 0.4) is 0 Å². The molecule has 84 valence electrons. The van der Waals surface area contributed by atoms with Crippen molar-refractivity contribution in [2.45, 2.75) is 31.6 Å². The first-order valence-electron chi connectivity index (χ1n) is 4.59. The Hall–Kier alpha value is 0.566. The maximum Gasteiger partial charge on any atom is 1.00 e. The molecule has 1 aromatic rings. The van der Waals surface area contributed by atoms with Crippen molar-refractivity contribution >= 4 is 15.8 Å². The van der Waals surface area contributed by atoms with Gasteiger partial charge in [-0.3, -0.25) is 0 Å². The second-order valence-electron chi connectivity index (χ2n) is 3.86. The number of rotatable bonds is 2. The smallest absolute Gasteiger partial charge is 0.744 e. The largest absolute Gasteiger partial charge is 1.00 e. The van der Waals surface area contributed by atoms with Crippen LogP contribution < -0.4 is 57.1 Å². The zero-order chi connectivity index (χ0) is 11.8. The minimum Gasteiger partial charge on any atom is -0.744 e. The topological polar surface area (TPSA) is 83.2 Å². The van der Waals surface area contributed by atoms with Gasteiger partial charge in [-0.15, -0.1) is 0 Å². The first-order valence-corrected chi connectivity index (χ1v) is 6.00. The van der Waals surface area contributed by atoms with Crippen molar-refractivity contribution in [2.24, 2.45) is 0 Å². The van der Waals surface area contributed by atoms with Crippen molar-refractivity contribution in [2.75, 3.05) is 5.73 Å². The number of nitrogen functional groups attached to an aromatic ring is 1. The van der Waals surface area contributed by atoms with Gasteiger partial charge in [-0.1, -0.05) is 13.8 Å². The van der Waals surface area contributed by atoms with Crippen LogP contribution in [0.5, 0.6) is 0 Å². The summed E-state index contributed by atoms with van der Waals surface area (Å²) >= 11 is 0. The third kappa shape index (κ3) is 3.80. The van der Waals surface area contributed by atoms with E-state index in [0.717, 1.165) is 11.1 Å². The van der Waals surface area contributed by atoms with E-state index in [1.54, 1.807) is 13.0 Å². The molecule has 0 aliphatic heterocycles. The van der Waals surface area contributed by atoms with Gasteiger partial charge in [0.05, 0.1) is 4.90 Å². The fourth-order valence-corrected chi connectivity index (χ4v) is 2.22. The van der Waals surface area contributed by atoms with Crippen LogP contribution in [-0.4, -0.2) is 13.0 Å². The Balaban J connectivity index is 0.00000225. The van der Waals surface area contributed by atoms with Crippen LogP contribution in [0, 0.1) is 6.92 Å². The molecular weight excluding hydrogens is 253 g/mol. The summed E-state index contributed by atoms with van der Waals surface area (Å²) in [6.07, 6.45) is 0. The average Bonchev–Trinajstić information content (AvgIpc) is 2.06. The minimum absolute atomic E-state index is 0. The third-order valence-electron chi connectivity index (χ3n) is 2.29. The maximum absolute atomic E-state index is 10.9. The maximum atomic E-state index is 10.9. The van der Waals surface area contributed by atoms with Gasteiger partial charge in [-0.05, 0) is 36.1 Å². The van der Waals surface area contributed by atoms with Crippen molar-refractivity contribution in [1.82, 2.24) is 0 Å². The summed E-state index contributed by atoms with van der Waals surface area (Å²) in [4.78, 5) is -0.329. The van der Waals surface area contributed by atoms with E-state index in [2.05, 4.69) is 0 Å². The SMILES string of the molecule is Cc1cc(S(=O)(=O)[O-])c(N)cc1C(C)C.[K+]. The van der Waals surface area contributed by atoms with E-state index < -0.39 is 10.1 Å². The minimum atomic E-state index is -4.47. The van der Waals surface area contributed by atoms with Crippen LogP contribution in [0.4, 0.5) is 5.69 Å². The number of aryl methyl sites for hydroxylation is 1. The van der Waals surface area contributed by atoms with E-state index in [-0.39, 0.29) is 67.9 Å². The quantitative estimate of drug-likeness (QED) is 0.406. The first kappa shape index (κ1) is 16.6. The molecule has 0 heterocycles. The molecule has 0 aliphatic carbocycles. The van der Waals surface area contributed by atoms with Crippen LogP contribution in [0.15, 0.2) is 17.0 Å². The Morgan fingerprint density at radius 2 is 1.81 bits per heavy atom. The summed E-state index contributed by atoms with van der Waals surface area (Å²) in [6.45, 7) is 5.73. The molecule has 16 heavy (non-hydrogen) atoms. The van der Waals surface area contributed by atoms with Crippen molar-refractivity contribution in [1.29, 1.82) is 0 Å². The molecular formula is C10H14KNO3S. The summed E-state index contributed by atoms with van der Waals surface area (Å²) < 4.78 is 32.6. The van der Waals surface area contributed by atoms with Gasteiger partial charge >= 0.3 is 51.4 Å². The van der Waals surface area contributed by atoms with Crippen LogP contribution in [0.1, 0.15) is 30.9 Å². The van der Waals surface area contributed by atoms with E-state index in [9.17, 15) is 13.0 Å². The number of nitrogens with two attached hydrogens (primary N) is 1. The molecule has 0 saturated carbocycles. The van der Waals surface area contributed by atoms with Gasteiger partial charge < -0.3 is 10.3 Å². The summed E-state index contributed by atoms with van der Waals surface area (Å²) in [5.41, 5.74) is 7.29. The molecule has 0 amide bonds. The predicted octanol–water partition coefficient (Wildman–Crippen LogP) is -1.39. The van der Waals surface area contributed by atoms with Crippen LogP contribution >= 0.6 is 0 Å². The standard InChI is InChI=1S/C10H15NO3S.K/c1-6(2)8-5-9(11)10(4-7(8)3)15(12,13)14;/h4-6H,11H2,1-3H3,(H,12,13,14);/q;+1/p-1. The van der Waals surface area contributed by atoms with Gasteiger partial charge in [-0.25, -0.2) is 8.42 Å². The van der Waals surface area contributed by atoms with E-state index in [1.807, 2.05) is 13.8 Å². The van der Waals surface area contributed by atoms with Gasteiger partial charge in [0, 0.05) is 5.69 Å². The number of benzene rings is 1. The second-order valence-corrected chi connectivity index (χ2v) is 5.20. The Labute approximate surface area is 139 Å². The summed E-state index contributed by atoms with van der Waals surface area (Å²) in [5.74, 6) is 0.246. The van der Waals surface area contributed by atoms with E-state index in [0.29, 0.717) is 0 Å². The fraction of sp³-hybridized carbons (Fsp3) is 0.400. The van der Waals surface area contributed by atoms with Crippen molar-refractivity contribution in [3.05, 3.63) is 23.3 Å². The van der Waals surface area contributed by atoms with Crippen molar-refractivity contribution in [3.8, 4) is 0 Å². The molecule has 0 spiro atoms. The average molecular weight is 267 g/mol. The monoisotopic (exact) mass is 267 g/mol. The van der Waals surface area contributed by atoms with Gasteiger partial charge in [-0.2, -0.15) is 0 Å². The molecule has 0 atom stereocenters. The summed E-state index contributed by atoms with van der Waals surface area (Å²) in [6, 6.07) is 2.90. The van der Waals surface area contributed by atoms with Crippen LogP contribution in [0.25, 0.3) is 0 Å². The van der Waals surface area contributed by atoms with Crippen molar-refractivity contribution in [3.63, 3.8) is 0 Å². The number of hydrogen-bond donors (Lipinski definition) is 1. The molecule has 0 unspecified atom stereocenters. The molecule has 0 radical (unpaired) electrons. The van der Waals surface area contributed by atoms with Gasteiger partial charge in [0.2, 0.25) is 0 Å². The molecule has 0 saturated heterocycles. The Kier molecular flexibility index (Phi) is 6.16. The number of hydrogen-bond acceptors (Lipinski definition) is 4. The fourth-order valence-electron chi connectivity index (χ4n) is 1.55. The predicted molar refractivity (Wildman–Crippen MR) is 57.6 cm³/mol. The molecule has 0 aromatic heterocycles.